The zero-order chi connectivity index (χ0) is 18.9. The molecule has 26 heavy (non-hydrogen) atoms. The quantitative estimate of drug-likeness (QED) is 0.234. The molecule has 0 aromatic rings. The van der Waals surface area contributed by atoms with Crippen molar-refractivity contribution in [2.45, 2.75) is 72.1 Å². The van der Waals surface area contributed by atoms with Gasteiger partial charge in [-0.15, -0.1) is 24.0 Å². The molecule has 1 amide bonds. The highest BCUT2D eigenvalue weighted by atomic mass is 127. The maximum absolute atomic E-state index is 11.6. The van der Waals surface area contributed by atoms with Gasteiger partial charge in [0.15, 0.2) is 5.96 Å². The van der Waals surface area contributed by atoms with E-state index >= 15 is 0 Å². The summed E-state index contributed by atoms with van der Waals surface area (Å²) in [5.41, 5.74) is -0.477. The highest BCUT2D eigenvalue weighted by molar-refractivity contribution is 14.0. The number of carbonyl (C=O) groups is 1. The Balaban J connectivity index is 0.00000625. The van der Waals surface area contributed by atoms with E-state index in [4.69, 9.17) is 4.74 Å². The number of hydrogen-bond acceptors (Lipinski definition) is 4. The Morgan fingerprint density at radius 3 is 2.35 bits per heavy atom. The van der Waals surface area contributed by atoms with Crippen LogP contribution in [0.4, 0.5) is 4.79 Å². The molecule has 3 N–H and O–H groups in total. The number of amides is 1. The summed E-state index contributed by atoms with van der Waals surface area (Å²) in [6.07, 6.45) is 1.85. The Bertz CT molecular complexity index is 430. The SMILES string of the molecule is CCNC(=NCCNC(=O)OC(C)(C)C)NC1CCN(C(C)C)CC1.I. The van der Waals surface area contributed by atoms with Crippen LogP contribution in [0.5, 0.6) is 0 Å². The Morgan fingerprint density at radius 2 is 1.85 bits per heavy atom. The van der Waals surface area contributed by atoms with Gasteiger partial charge in [0.1, 0.15) is 5.60 Å². The minimum absolute atomic E-state index is 0. The van der Waals surface area contributed by atoms with Crippen LogP contribution in [0.2, 0.25) is 0 Å². The van der Waals surface area contributed by atoms with E-state index in [2.05, 4.69) is 46.6 Å². The smallest absolute Gasteiger partial charge is 0.407 e. The van der Waals surface area contributed by atoms with Crippen LogP contribution in [0, 0.1) is 0 Å². The summed E-state index contributed by atoms with van der Waals surface area (Å²) in [5.74, 6) is 0.816. The maximum Gasteiger partial charge on any atom is 0.407 e. The number of rotatable bonds is 6. The first kappa shape index (κ1) is 25.2. The Kier molecular flexibility index (Phi) is 12.2. The van der Waals surface area contributed by atoms with Gasteiger partial charge in [-0.2, -0.15) is 0 Å². The van der Waals surface area contributed by atoms with Crippen LogP contribution in [0.3, 0.4) is 0 Å². The van der Waals surface area contributed by atoms with Gasteiger partial charge in [0.25, 0.3) is 0 Å². The molecule has 1 rings (SSSR count). The Hall–Kier alpha value is -0.770. The molecule has 0 aromatic carbocycles. The Morgan fingerprint density at radius 1 is 1.23 bits per heavy atom. The highest BCUT2D eigenvalue weighted by Crippen LogP contribution is 2.12. The summed E-state index contributed by atoms with van der Waals surface area (Å²) in [5, 5.41) is 9.51. The summed E-state index contributed by atoms with van der Waals surface area (Å²) in [6.45, 7) is 16.1. The lowest BCUT2D eigenvalue weighted by atomic mass is 10.0. The van der Waals surface area contributed by atoms with Gasteiger partial charge in [-0.1, -0.05) is 0 Å². The van der Waals surface area contributed by atoms with Crippen molar-refractivity contribution in [3.63, 3.8) is 0 Å². The van der Waals surface area contributed by atoms with Crippen molar-refractivity contribution in [3.05, 3.63) is 0 Å². The first-order chi connectivity index (χ1) is 11.7. The number of carbonyl (C=O) groups excluding carboxylic acids is 1. The molecule has 0 aromatic heterocycles. The van der Waals surface area contributed by atoms with Crippen LogP contribution in [0.15, 0.2) is 4.99 Å². The first-order valence-electron chi connectivity index (χ1n) is 9.47. The lowest BCUT2D eigenvalue weighted by molar-refractivity contribution is 0.0529. The molecule has 1 saturated heterocycles. The molecule has 0 bridgehead atoms. The van der Waals surface area contributed by atoms with Crippen molar-refractivity contribution in [2.24, 2.45) is 4.99 Å². The van der Waals surface area contributed by atoms with Crippen LogP contribution >= 0.6 is 24.0 Å². The molecule has 1 aliphatic rings. The predicted molar refractivity (Wildman–Crippen MR) is 118 cm³/mol. The number of piperidine rings is 1. The largest absolute Gasteiger partial charge is 0.444 e. The van der Waals surface area contributed by atoms with Crippen molar-refractivity contribution in [1.29, 1.82) is 0 Å². The van der Waals surface area contributed by atoms with E-state index in [0.717, 1.165) is 38.4 Å². The standard InChI is InChI=1S/C18H37N5O2.HI/c1-7-19-16(20-10-11-21-17(24)25-18(4,5)6)22-15-8-12-23(13-9-15)14(2)3;/h14-15H,7-13H2,1-6H3,(H,21,24)(H2,19,20,22);1H. The highest BCUT2D eigenvalue weighted by Gasteiger charge is 2.21. The third-order valence-corrected chi connectivity index (χ3v) is 3.99. The lowest BCUT2D eigenvalue weighted by Gasteiger charge is -2.35. The number of hydrogen-bond donors (Lipinski definition) is 3. The number of alkyl carbamates (subject to hydrolysis) is 1. The first-order valence-corrected chi connectivity index (χ1v) is 9.47. The van der Waals surface area contributed by atoms with Crippen molar-refractivity contribution in [1.82, 2.24) is 20.9 Å². The molecular weight excluding hydrogens is 445 g/mol. The summed E-state index contributed by atoms with van der Waals surface area (Å²) < 4.78 is 5.21. The molecule has 0 aliphatic carbocycles. The van der Waals surface area contributed by atoms with E-state index in [0.29, 0.717) is 25.2 Å². The van der Waals surface area contributed by atoms with Crippen molar-refractivity contribution >= 4 is 36.0 Å². The van der Waals surface area contributed by atoms with Crippen LogP contribution < -0.4 is 16.0 Å². The Labute approximate surface area is 176 Å². The number of ether oxygens (including phenoxy) is 1. The van der Waals surface area contributed by atoms with E-state index in [1.165, 1.54) is 0 Å². The minimum atomic E-state index is -0.477. The monoisotopic (exact) mass is 483 g/mol. The summed E-state index contributed by atoms with van der Waals surface area (Å²) in [4.78, 5) is 18.7. The topological polar surface area (TPSA) is 78.0 Å². The summed E-state index contributed by atoms with van der Waals surface area (Å²) in [6, 6.07) is 1.06. The molecule has 154 valence electrons. The molecule has 1 fully saturated rings. The van der Waals surface area contributed by atoms with Gasteiger partial charge in [-0.3, -0.25) is 4.99 Å². The van der Waals surface area contributed by atoms with Gasteiger partial charge in [0, 0.05) is 38.3 Å². The molecule has 1 heterocycles. The van der Waals surface area contributed by atoms with Crippen molar-refractivity contribution < 1.29 is 9.53 Å². The molecule has 0 saturated carbocycles. The van der Waals surface area contributed by atoms with E-state index in [1.807, 2.05) is 20.8 Å². The molecule has 7 nitrogen and oxygen atoms in total. The van der Waals surface area contributed by atoms with Crippen molar-refractivity contribution in [2.75, 3.05) is 32.7 Å². The molecule has 1 aliphatic heterocycles. The number of halogens is 1. The van der Waals surface area contributed by atoms with Gasteiger partial charge < -0.3 is 25.6 Å². The van der Waals surface area contributed by atoms with Crippen molar-refractivity contribution in [3.8, 4) is 0 Å². The maximum atomic E-state index is 11.6. The normalized spacial score (nSPS) is 16.8. The number of likely N-dealkylation sites (tertiary alicyclic amines) is 1. The number of nitrogens with one attached hydrogen (secondary N) is 3. The fourth-order valence-electron chi connectivity index (χ4n) is 2.71. The average molecular weight is 483 g/mol. The fraction of sp³-hybridized carbons (Fsp3) is 0.889. The summed E-state index contributed by atoms with van der Waals surface area (Å²) >= 11 is 0. The second-order valence-electron chi connectivity index (χ2n) is 7.74. The molecular formula is C18H38IN5O2. The van der Waals surface area contributed by atoms with E-state index in [-0.39, 0.29) is 24.0 Å². The molecule has 8 heteroatoms. The van der Waals surface area contributed by atoms with Gasteiger partial charge in [0.05, 0.1) is 6.54 Å². The zero-order valence-electron chi connectivity index (χ0n) is 17.2. The minimum Gasteiger partial charge on any atom is -0.444 e. The van der Waals surface area contributed by atoms with Gasteiger partial charge >= 0.3 is 6.09 Å². The van der Waals surface area contributed by atoms with E-state index in [1.54, 1.807) is 0 Å². The molecule has 0 radical (unpaired) electrons. The van der Waals surface area contributed by atoms with E-state index in [9.17, 15) is 4.79 Å². The molecule has 0 spiro atoms. The predicted octanol–water partition coefficient (Wildman–Crippen LogP) is 2.56. The van der Waals surface area contributed by atoms with Crippen LogP contribution in [-0.4, -0.2) is 67.4 Å². The number of guanidine groups is 1. The van der Waals surface area contributed by atoms with Crippen LogP contribution in [0.25, 0.3) is 0 Å². The molecule has 0 atom stereocenters. The summed E-state index contributed by atoms with van der Waals surface area (Å²) in [7, 11) is 0. The van der Waals surface area contributed by atoms with Gasteiger partial charge in [-0.05, 0) is 54.4 Å². The van der Waals surface area contributed by atoms with Crippen LogP contribution in [0.1, 0.15) is 54.4 Å². The lowest BCUT2D eigenvalue weighted by Crippen LogP contribution is -2.50. The zero-order valence-corrected chi connectivity index (χ0v) is 19.6. The third-order valence-electron chi connectivity index (χ3n) is 3.99. The van der Waals surface area contributed by atoms with Gasteiger partial charge in [-0.25, -0.2) is 4.79 Å². The third kappa shape index (κ3) is 11.1. The number of nitrogens with zero attached hydrogens (tertiary/aromatic N) is 2. The number of aliphatic imine (C=N–C) groups is 1. The fourth-order valence-corrected chi connectivity index (χ4v) is 2.71. The van der Waals surface area contributed by atoms with Gasteiger partial charge in [0.2, 0.25) is 0 Å². The van der Waals surface area contributed by atoms with Crippen LogP contribution in [-0.2, 0) is 4.74 Å². The second kappa shape index (κ2) is 12.6. The average Bonchev–Trinajstić information content (AvgIpc) is 2.50. The second-order valence-corrected chi connectivity index (χ2v) is 7.74. The molecule has 0 unspecified atom stereocenters. The van der Waals surface area contributed by atoms with E-state index < -0.39 is 11.7 Å².